The number of halogens is 2. The van der Waals surface area contributed by atoms with Crippen LogP contribution in [0.25, 0.3) is 0 Å². The topological polar surface area (TPSA) is 17.8 Å². The van der Waals surface area contributed by atoms with Gasteiger partial charge in [0.05, 0.1) is 6.33 Å². The van der Waals surface area contributed by atoms with Crippen molar-refractivity contribution in [3.8, 4) is 0 Å². The molecule has 0 aliphatic heterocycles. The van der Waals surface area contributed by atoms with E-state index in [0.717, 1.165) is 18.0 Å². The minimum Gasteiger partial charge on any atom is -0.337 e. The van der Waals surface area contributed by atoms with Crippen LogP contribution in [0.3, 0.4) is 0 Å². The van der Waals surface area contributed by atoms with E-state index in [9.17, 15) is 0 Å². The molecule has 0 bridgehead atoms. The molecule has 1 heterocycles. The number of aryl methyl sites for hydroxylation is 1. The lowest BCUT2D eigenvalue weighted by atomic mass is 9.61. The third kappa shape index (κ3) is 2.57. The fourth-order valence-corrected chi connectivity index (χ4v) is 4.88. The van der Waals surface area contributed by atoms with E-state index in [1.165, 1.54) is 31.2 Å². The maximum atomic E-state index is 6.55. The molecule has 2 aliphatic carbocycles. The zero-order valence-corrected chi connectivity index (χ0v) is 14.5. The third-order valence-corrected chi connectivity index (χ3v) is 5.73. The van der Waals surface area contributed by atoms with Crippen molar-refractivity contribution in [1.29, 1.82) is 0 Å². The molecule has 2 aliphatic rings. The van der Waals surface area contributed by atoms with Crippen LogP contribution in [0, 0.1) is 5.92 Å². The van der Waals surface area contributed by atoms with Gasteiger partial charge in [0.1, 0.15) is 0 Å². The van der Waals surface area contributed by atoms with E-state index in [4.69, 9.17) is 11.6 Å². The van der Waals surface area contributed by atoms with Crippen molar-refractivity contribution in [3.05, 3.63) is 52.6 Å². The van der Waals surface area contributed by atoms with Gasteiger partial charge in [0, 0.05) is 24.0 Å². The van der Waals surface area contributed by atoms with Crippen molar-refractivity contribution in [2.45, 2.75) is 51.0 Å². The smallest absolute Gasteiger partial charge is 0.0945 e. The van der Waals surface area contributed by atoms with Crippen LogP contribution in [0.4, 0.5) is 0 Å². The summed E-state index contributed by atoms with van der Waals surface area (Å²) >= 11 is 6.55. The maximum Gasteiger partial charge on any atom is 0.0945 e. The Bertz CT molecular complexity index is 666. The van der Waals surface area contributed by atoms with E-state index >= 15 is 0 Å². The Hall–Kier alpha value is -0.990. The van der Waals surface area contributed by atoms with Crippen molar-refractivity contribution in [2.24, 2.45) is 5.92 Å². The summed E-state index contributed by atoms with van der Waals surface area (Å²) in [4.78, 5) is 4.17. The first kappa shape index (κ1) is 15.9. The van der Waals surface area contributed by atoms with Crippen LogP contribution in [0.15, 0.2) is 30.9 Å². The van der Waals surface area contributed by atoms with E-state index in [2.05, 4.69) is 34.8 Å². The van der Waals surface area contributed by atoms with Gasteiger partial charge in [-0.15, -0.1) is 12.4 Å². The highest BCUT2D eigenvalue weighted by molar-refractivity contribution is 6.31. The number of hydrogen-bond acceptors (Lipinski definition) is 1. The van der Waals surface area contributed by atoms with E-state index in [1.807, 2.05) is 12.5 Å². The first-order chi connectivity index (χ1) is 10.2. The molecule has 4 rings (SSSR count). The average molecular weight is 337 g/mol. The number of hydrogen-bond donors (Lipinski definition) is 0. The number of aromatic nitrogens is 2. The fraction of sp³-hybridized carbons (Fsp3) is 0.500. The predicted octanol–water partition coefficient (Wildman–Crippen LogP) is 4.81. The van der Waals surface area contributed by atoms with E-state index < -0.39 is 0 Å². The van der Waals surface area contributed by atoms with Crippen LogP contribution >= 0.6 is 24.0 Å². The lowest BCUT2D eigenvalue weighted by Gasteiger charge is -2.44. The van der Waals surface area contributed by atoms with E-state index in [-0.39, 0.29) is 12.4 Å². The van der Waals surface area contributed by atoms with Gasteiger partial charge in [-0.1, -0.05) is 24.6 Å². The summed E-state index contributed by atoms with van der Waals surface area (Å²) in [6.45, 7) is 3.50. The van der Waals surface area contributed by atoms with Crippen molar-refractivity contribution in [3.63, 3.8) is 0 Å². The Balaban J connectivity index is 0.00000144. The van der Waals surface area contributed by atoms with Gasteiger partial charge in [-0.05, 0) is 66.2 Å². The molecule has 2 nitrogen and oxygen atoms in total. The maximum absolute atomic E-state index is 6.55. The lowest BCUT2D eigenvalue weighted by molar-refractivity contribution is 0.251. The first-order valence-electron chi connectivity index (χ1n) is 7.92. The van der Waals surface area contributed by atoms with Gasteiger partial charge in [-0.25, -0.2) is 4.98 Å². The van der Waals surface area contributed by atoms with Gasteiger partial charge in [0.15, 0.2) is 0 Å². The standard InChI is InChI=1S/C18H21ClN2.ClH/c1-18-6-2-3-14-4-5-16(19)15(17(14)18)9-13(10-18)11-21-8-7-20-12-21;/h4-5,7-8,12-13H,2-3,6,9-11H2,1H3;1H/t13-,18+;/m0./s1. The third-order valence-electron chi connectivity index (χ3n) is 5.38. The highest BCUT2D eigenvalue weighted by Crippen LogP contribution is 2.49. The second kappa shape index (κ2) is 5.90. The van der Waals surface area contributed by atoms with E-state index in [1.54, 1.807) is 11.1 Å². The van der Waals surface area contributed by atoms with Crippen molar-refractivity contribution >= 4 is 24.0 Å². The van der Waals surface area contributed by atoms with Gasteiger partial charge >= 0.3 is 0 Å². The van der Waals surface area contributed by atoms with Crippen LogP contribution in [0.2, 0.25) is 5.02 Å². The summed E-state index contributed by atoms with van der Waals surface area (Å²) in [5.74, 6) is 0.655. The van der Waals surface area contributed by atoms with Crippen molar-refractivity contribution in [2.75, 3.05) is 0 Å². The summed E-state index contributed by atoms with van der Waals surface area (Å²) in [6, 6.07) is 4.37. The molecule has 2 aromatic rings. The second-order valence-corrected chi connectivity index (χ2v) is 7.42. The molecule has 4 heteroatoms. The zero-order chi connectivity index (χ0) is 14.4. The molecule has 0 N–H and O–H groups in total. The van der Waals surface area contributed by atoms with Gasteiger partial charge < -0.3 is 4.57 Å². The largest absolute Gasteiger partial charge is 0.337 e. The molecule has 0 fully saturated rings. The molecule has 118 valence electrons. The summed E-state index contributed by atoms with van der Waals surface area (Å²) in [6.07, 6.45) is 12.1. The Morgan fingerprint density at radius 2 is 2.27 bits per heavy atom. The number of benzene rings is 1. The fourth-order valence-electron chi connectivity index (χ4n) is 4.65. The first-order valence-corrected chi connectivity index (χ1v) is 8.30. The Labute approximate surface area is 143 Å². The highest BCUT2D eigenvalue weighted by Gasteiger charge is 2.40. The second-order valence-electron chi connectivity index (χ2n) is 7.01. The minimum atomic E-state index is 0. The Morgan fingerprint density at radius 3 is 3.05 bits per heavy atom. The molecule has 0 spiro atoms. The highest BCUT2D eigenvalue weighted by atomic mass is 35.5. The quantitative estimate of drug-likeness (QED) is 0.769. The zero-order valence-electron chi connectivity index (χ0n) is 12.9. The summed E-state index contributed by atoms with van der Waals surface area (Å²) < 4.78 is 2.21. The van der Waals surface area contributed by atoms with Crippen molar-refractivity contribution < 1.29 is 0 Å². The molecule has 0 radical (unpaired) electrons. The molecule has 2 atom stereocenters. The lowest BCUT2D eigenvalue weighted by Crippen LogP contribution is -2.37. The number of imidazole rings is 1. The van der Waals surface area contributed by atoms with Crippen LogP contribution in [0.1, 0.15) is 42.9 Å². The van der Waals surface area contributed by atoms with Crippen LogP contribution in [-0.4, -0.2) is 9.55 Å². The molecule has 0 amide bonds. The minimum absolute atomic E-state index is 0. The van der Waals surface area contributed by atoms with Crippen LogP contribution in [0.5, 0.6) is 0 Å². The molecule has 22 heavy (non-hydrogen) atoms. The molecule has 0 saturated carbocycles. The predicted molar refractivity (Wildman–Crippen MR) is 93.0 cm³/mol. The van der Waals surface area contributed by atoms with Crippen molar-refractivity contribution in [1.82, 2.24) is 9.55 Å². The molecular formula is C18H22Cl2N2. The van der Waals surface area contributed by atoms with Gasteiger partial charge in [0.25, 0.3) is 0 Å². The molecule has 0 saturated heterocycles. The number of nitrogens with zero attached hydrogens (tertiary/aromatic N) is 2. The van der Waals surface area contributed by atoms with Crippen LogP contribution < -0.4 is 0 Å². The Morgan fingerprint density at radius 1 is 1.41 bits per heavy atom. The number of rotatable bonds is 2. The molecule has 0 unspecified atom stereocenters. The molecule has 1 aromatic carbocycles. The molecular weight excluding hydrogens is 315 g/mol. The molecule has 1 aromatic heterocycles. The van der Waals surface area contributed by atoms with Gasteiger partial charge in [-0.2, -0.15) is 0 Å². The van der Waals surface area contributed by atoms with Gasteiger partial charge in [0.2, 0.25) is 0 Å². The summed E-state index contributed by atoms with van der Waals surface area (Å²) in [5.41, 5.74) is 4.87. The Kier molecular flexibility index (Phi) is 4.26. The average Bonchev–Trinajstić information content (AvgIpc) is 2.94. The summed E-state index contributed by atoms with van der Waals surface area (Å²) in [5, 5.41) is 0.970. The summed E-state index contributed by atoms with van der Waals surface area (Å²) in [7, 11) is 0. The van der Waals surface area contributed by atoms with Crippen LogP contribution in [-0.2, 0) is 24.8 Å². The van der Waals surface area contributed by atoms with E-state index in [0.29, 0.717) is 11.3 Å². The normalized spacial score (nSPS) is 26.2. The van der Waals surface area contributed by atoms with Gasteiger partial charge in [-0.3, -0.25) is 0 Å². The SMILES string of the molecule is C[C@]12CCCc3ccc(Cl)c(c31)C[C@H](Cn1ccnc1)C2.Cl. The monoisotopic (exact) mass is 336 g/mol.